The van der Waals surface area contributed by atoms with Crippen LogP contribution in [0.5, 0.6) is 11.5 Å². The van der Waals surface area contributed by atoms with Crippen LogP contribution in [0.25, 0.3) is 0 Å². The maximum Gasteiger partial charge on any atom is 0.304 e. The van der Waals surface area contributed by atoms with Gasteiger partial charge in [0, 0.05) is 18.1 Å². The number of carbonyl (C=O) groups excluding carboxylic acids is 1. The molecule has 1 aliphatic heterocycles. The fourth-order valence-corrected chi connectivity index (χ4v) is 4.62. The van der Waals surface area contributed by atoms with Gasteiger partial charge in [-0.15, -0.1) is 0 Å². The Kier molecular flexibility index (Phi) is 6.01. The molecule has 0 aromatic heterocycles. The molecule has 1 heterocycles. The van der Waals surface area contributed by atoms with Crippen LogP contribution in [0.4, 0.5) is 0 Å². The lowest BCUT2D eigenvalue weighted by molar-refractivity contribution is -0.136. The lowest BCUT2D eigenvalue weighted by Crippen LogP contribution is -2.36. The minimum absolute atomic E-state index is 0.0558. The van der Waals surface area contributed by atoms with Gasteiger partial charge in [-0.1, -0.05) is 27.7 Å². The second-order valence-corrected chi connectivity index (χ2v) is 8.69. The summed E-state index contributed by atoms with van der Waals surface area (Å²) in [7, 11) is 3.11. The fraction of sp³-hybridized carbons (Fsp3) is 0.529. The monoisotopic (exact) mass is 383 g/mol. The van der Waals surface area contributed by atoms with Gasteiger partial charge >= 0.3 is 5.97 Å². The maximum atomic E-state index is 12.6. The van der Waals surface area contributed by atoms with Crippen molar-refractivity contribution in [1.82, 2.24) is 5.32 Å². The smallest absolute Gasteiger partial charge is 0.304 e. The van der Waals surface area contributed by atoms with Gasteiger partial charge in [0.1, 0.15) is 13.2 Å². The highest BCUT2D eigenvalue weighted by molar-refractivity contribution is 8.76. The molecule has 1 aliphatic carbocycles. The highest BCUT2D eigenvalue weighted by atomic mass is 33.1. The van der Waals surface area contributed by atoms with E-state index in [9.17, 15) is 9.59 Å². The third kappa shape index (κ3) is 4.55. The molecule has 6 nitrogen and oxygen atoms in total. The summed E-state index contributed by atoms with van der Waals surface area (Å²) in [5.74, 6) is 2.06. The topological polar surface area (TPSA) is 84.9 Å². The summed E-state index contributed by atoms with van der Waals surface area (Å²) in [6.45, 7) is 1.67. The van der Waals surface area contributed by atoms with E-state index in [2.05, 4.69) is 5.32 Å². The third-order valence-corrected chi connectivity index (χ3v) is 6.64. The van der Waals surface area contributed by atoms with Crippen molar-refractivity contribution in [3.8, 4) is 11.5 Å². The number of aliphatic carboxylic acids is 1. The number of hydrogen-bond acceptors (Lipinski definition) is 6. The first kappa shape index (κ1) is 18.3. The van der Waals surface area contributed by atoms with Gasteiger partial charge in [0.2, 0.25) is 5.91 Å². The Hall–Kier alpha value is -1.54. The van der Waals surface area contributed by atoms with Crippen molar-refractivity contribution in [1.29, 1.82) is 0 Å². The van der Waals surface area contributed by atoms with Gasteiger partial charge in [-0.05, 0) is 30.5 Å². The SMILES string of the molecule is O=C(O)CCSSCCNC(=O)C1(c2ccc3c(c2)OCCO3)CC1. The molecule has 0 spiro atoms. The largest absolute Gasteiger partial charge is 0.486 e. The Morgan fingerprint density at radius 3 is 2.56 bits per heavy atom. The molecule has 1 fully saturated rings. The Morgan fingerprint density at radius 1 is 1.12 bits per heavy atom. The summed E-state index contributed by atoms with van der Waals surface area (Å²) in [6, 6.07) is 5.76. The van der Waals surface area contributed by atoms with Crippen molar-refractivity contribution in [3.63, 3.8) is 0 Å². The number of carbonyl (C=O) groups is 2. The number of carboxylic acid groups (broad SMARTS) is 1. The molecular weight excluding hydrogens is 362 g/mol. The Balaban J connectivity index is 1.46. The van der Waals surface area contributed by atoms with Crippen molar-refractivity contribution in [2.24, 2.45) is 0 Å². The van der Waals surface area contributed by atoms with Crippen LogP contribution in [0, 0.1) is 0 Å². The quantitative estimate of drug-likeness (QED) is 0.500. The molecule has 1 aromatic carbocycles. The van der Waals surface area contributed by atoms with E-state index in [1.807, 2.05) is 18.2 Å². The fourth-order valence-electron chi connectivity index (χ4n) is 2.74. The molecule has 2 aliphatic rings. The number of fused-ring (bicyclic) bond motifs is 1. The van der Waals surface area contributed by atoms with Crippen molar-refractivity contribution in [2.75, 3.05) is 31.3 Å². The number of benzene rings is 1. The minimum atomic E-state index is -0.781. The van der Waals surface area contributed by atoms with Gasteiger partial charge in [0.05, 0.1) is 11.8 Å². The van der Waals surface area contributed by atoms with E-state index in [0.29, 0.717) is 31.3 Å². The molecule has 1 aromatic rings. The van der Waals surface area contributed by atoms with Crippen LogP contribution in [-0.4, -0.2) is 48.2 Å². The van der Waals surface area contributed by atoms with Crippen molar-refractivity contribution >= 4 is 33.5 Å². The van der Waals surface area contributed by atoms with E-state index in [0.717, 1.165) is 29.9 Å². The lowest BCUT2D eigenvalue weighted by atomic mass is 9.94. The highest BCUT2D eigenvalue weighted by Gasteiger charge is 2.51. The molecule has 1 saturated carbocycles. The van der Waals surface area contributed by atoms with E-state index in [1.165, 1.54) is 10.8 Å². The first-order valence-corrected chi connectivity index (χ1v) is 10.8. The molecule has 25 heavy (non-hydrogen) atoms. The summed E-state index contributed by atoms with van der Waals surface area (Å²) in [5, 5.41) is 11.6. The zero-order valence-electron chi connectivity index (χ0n) is 13.8. The van der Waals surface area contributed by atoms with Crippen molar-refractivity contribution in [3.05, 3.63) is 23.8 Å². The second-order valence-electron chi connectivity index (χ2n) is 5.98. The first-order chi connectivity index (χ1) is 12.1. The minimum Gasteiger partial charge on any atom is -0.486 e. The Morgan fingerprint density at radius 2 is 1.84 bits per heavy atom. The maximum absolute atomic E-state index is 12.6. The highest BCUT2D eigenvalue weighted by Crippen LogP contribution is 2.50. The molecule has 0 atom stereocenters. The number of rotatable bonds is 9. The average Bonchev–Trinajstić information content (AvgIpc) is 3.42. The van der Waals surface area contributed by atoms with Gasteiger partial charge in [-0.2, -0.15) is 0 Å². The number of carboxylic acids is 1. The van der Waals surface area contributed by atoms with Gasteiger partial charge in [-0.3, -0.25) is 9.59 Å². The van der Waals surface area contributed by atoms with Crippen molar-refractivity contribution < 1.29 is 24.2 Å². The van der Waals surface area contributed by atoms with Crippen LogP contribution >= 0.6 is 21.6 Å². The van der Waals surface area contributed by atoms with E-state index in [1.54, 1.807) is 10.8 Å². The van der Waals surface area contributed by atoms with E-state index in [4.69, 9.17) is 14.6 Å². The zero-order chi connectivity index (χ0) is 17.7. The van der Waals surface area contributed by atoms with Crippen LogP contribution in [0.3, 0.4) is 0 Å². The molecule has 136 valence electrons. The van der Waals surface area contributed by atoms with Crippen LogP contribution in [0.2, 0.25) is 0 Å². The second kappa shape index (κ2) is 8.23. The number of hydrogen-bond donors (Lipinski definition) is 2. The summed E-state index contributed by atoms with van der Waals surface area (Å²) in [6.07, 6.45) is 1.86. The molecular formula is C17H21NO5S2. The van der Waals surface area contributed by atoms with Crippen LogP contribution < -0.4 is 14.8 Å². The molecule has 8 heteroatoms. The van der Waals surface area contributed by atoms with Gasteiger partial charge in [0.25, 0.3) is 0 Å². The molecule has 2 N–H and O–H groups in total. The van der Waals surface area contributed by atoms with E-state index in [-0.39, 0.29) is 12.3 Å². The number of nitrogens with one attached hydrogen (secondary N) is 1. The summed E-state index contributed by atoms with van der Waals surface area (Å²) >= 11 is 0. The normalized spacial score (nSPS) is 17.0. The van der Waals surface area contributed by atoms with E-state index >= 15 is 0 Å². The van der Waals surface area contributed by atoms with Gasteiger partial charge in [0.15, 0.2) is 11.5 Å². The predicted molar refractivity (Wildman–Crippen MR) is 98.5 cm³/mol. The predicted octanol–water partition coefficient (Wildman–Crippen LogP) is 2.46. The van der Waals surface area contributed by atoms with Crippen molar-refractivity contribution in [2.45, 2.75) is 24.7 Å². The van der Waals surface area contributed by atoms with Crippen LogP contribution in [-0.2, 0) is 15.0 Å². The van der Waals surface area contributed by atoms with Gasteiger partial charge < -0.3 is 19.9 Å². The number of ether oxygens (including phenoxy) is 2. The molecule has 1 amide bonds. The first-order valence-electron chi connectivity index (χ1n) is 8.26. The Bertz CT molecular complexity index is 648. The molecule has 0 saturated heterocycles. The van der Waals surface area contributed by atoms with Crippen LogP contribution in [0.15, 0.2) is 18.2 Å². The summed E-state index contributed by atoms with van der Waals surface area (Å²) in [4.78, 5) is 23.0. The van der Waals surface area contributed by atoms with Crippen LogP contribution in [0.1, 0.15) is 24.8 Å². The van der Waals surface area contributed by atoms with E-state index < -0.39 is 11.4 Å². The zero-order valence-corrected chi connectivity index (χ0v) is 15.4. The summed E-state index contributed by atoms with van der Waals surface area (Å²) < 4.78 is 11.1. The molecule has 3 rings (SSSR count). The average molecular weight is 383 g/mol. The Labute approximate surface area is 154 Å². The standard InChI is InChI=1S/C17H21NO5S2/c19-15(20)3-9-24-25-10-6-18-16(21)17(4-5-17)12-1-2-13-14(11-12)23-8-7-22-13/h1-2,11H,3-10H2,(H,18,21)(H,19,20). The lowest BCUT2D eigenvalue weighted by Gasteiger charge is -2.21. The van der Waals surface area contributed by atoms with Gasteiger partial charge in [-0.25, -0.2) is 0 Å². The molecule has 0 bridgehead atoms. The number of amides is 1. The summed E-state index contributed by atoms with van der Waals surface area (Å²) in [5.41, 5.74) is 0.550. The third-order valence-electron chi connectivity index (χ3n) is 4.23. The molecule has 0 radical (unpaired) electrons. The molecule has 0 unspecified atom stereocenters.